The topological polar surface area (TPSA) is 111 Å². The van der Waals surface area contributed by atoms with Crippen LogP contribution in [-0.4, -0.2) is 39.0 Å². The van der Waals surface area contributed by atoms with E-state index in [0.717, 1.165) is 12.1 Å². The minimum absolute atomic E-state index is 0.314. The molecule has 1 aromatic rings. The van der Waals surface area contributed by atoms with Crippen LogP contribution in [0.1, 0.15) is 31.4 Å². The van der Waals surface area contributed by atoms with Crippen LogP contribution in [0, 0.1) is 23.2 Å². The van der Waals surface area contributed by atoms with Gasteiger partial charge in [-0.15, -0.1) is 0 Å². The van der Waals surface area contributed by atoms with Crippen LogP contribution in [0.5, 0.6) is 0 Å². The highest BCUT2D eigenvalue weighted by atomic mass is 19.4. The maximum absolute atomic E-state index is 13.3. The number of anilines is 1. The molecule has 4 rings (SSSR count). The molecular weight excluding hydrogens is 381 g/mol. The summed E-state index contributed by atoms with van der Waals surface area (Å²) in [5.74, 6) is -6.31. The molecule has 0 radical (unpaired) electrons. The predicted octanol–water partition coefficient (Wildman–Crippen LogP) is 1.31. The molecule has 2 amide bonds. The maximum atomic E-state index is 13.3. The van der Waals surface area contributed by atoms with Crippen molar-refractivity contribution in [3.05, 3.63) is 29.3 Å². The lowest BCUT2D eigenvalue weighted by Crippen LogP contribution is -2.58. The summed E-state index contributed by atoms with van der Waals surface area (Å²) in [4.78, 5) is 26.6. The molecule has 4 atom stereocenters. The second-order valence-corrected chi connectivity index (χ2v) is 7.82. The van der Waals surface area contributed by atoms with Crippen molar-refractivity contribution in [1.82, 2.24) is 0 Å². The Morgan fingerprint density at radius 3 is 2.39 bits per heavy atom. The van der Waals surface area contributed by atoms with E-state index in [-0.39, 0.29) is 12.1 Å². The number of aliphatic hydroxyl groups is 2. The second kappa shape index (κ2) is 5.11. The Morgan fingerprint density at radius 1 is 1.21 bits per heavy atom. The number of carbonyl (C=O) groups excluding carboxylic acids is 2. The summed E-state index contributed by atoms with van der Waals surface area (Å²) in [7, 11) is 0. The number of fused-ring (bicyclic) bond motifs is 5. The highest BCUT2D eigenvalue weighted by molar-refractivity contribution is 6.23. The predicted molar refractivity (Wildman–Crippen MR) is 85.3 cm³/mol. The zero-order valence-corrected chi connectivity index (χ0v) is 14.7. The summed E-state index contributed by atoms with van der Waals surface area (Å²) < 4.78 is 45.5. The van der Waals surface area contributed by atoms with Crippen LogP contribution in [0.15, 0.2) is 18.2 Å². The van der Waals surface area contributed by atoms with E-state index in [0.29, 0.717) is 11.0 Å². The van der Waals surface area contributed by atoms with Crippen molar-refractivity contribution in [2.75, 3.05) is 4.90 Å². The van der Waals surface area contributed by atoms with Gasteiger partial charge in [-0.1, -0.05) is 0 Å². The maximum Gasteiger partial charge on any atom is 0.417 e. The van der Waals surface area contributed by atoms with E-state index in [9.17, 15) is 33.0 Å². The second-order valence-electron chi connectivity index (χ2n) is 7.82. The highest BCUT2D eigenvalue weighted by Gasteiger charge is 2.80. The van der Waals surface area contributed by atoms with E-state index in [1.807, 2.05) is 0 Å². The van der Waals surface area contributed by atoms with Crippen molar-refractivity contribution in [3.63, 3.8) is 0 Å². The van der Waals surface area contributed by atoms with E-state index < -0.39 is 57.9 Å². The van der Waals surface area contributed by atoms with Gasteiger partial charge in [-0.3, -0.25) is 9.59 Å². The number of ether oxygens (including phenoxy) is 1. The molecule has 0 saturated carbocycles. The van der Waals surface area contributed by atoms with Crippen LogP contribution in [-0.2, 0) is 20.5 Å². The van der Waals surface area contributed by atoms with Gasteiger partial charge in [0.15, 0.2) is 5.79 Å². The van der Waals surface area contributed by atoms with E-state index in [1.54, 1.807) is 0 Å². The average molecular weight is 396 g/mol. The van der Waals surface area contributed by atoms with Crippen LogP contribution >= 0.6 is 0 Å². The third kappa shape index (κ3) is 2.09. The first kappa shape index (κ1) is 18.9. The van der Waals surface area contributed by atoms with Crippen LogP contribution in [0.4, 0.5) is 18.9 Å². The molecule has 0 spiro atoms. The first-order chi connectivity index (χ1) is 12.8. The lowest BCUT2D eigenvalue weighted by molar-refractivity contribution is -0.245. The summed E-state index contributed by atoms with van der Waals surface area (Å²) in [5.41, 5.74) is -5.34. The first-order valence-electron chi connectivity index (χ1n) is 8.41. The average Bonchev–Trinajstić information content (AvgIpc) is 3.05. The quantitative estimate of drug-likeness (QED) is 0.547. The summed E-state index contributed by atoms with van der Waals surface area (Å²) in [6, 6.07) is 3.99. The van der Waals surface area contributed by atoms with Crippen molar-refractivity contribution in [3.8, 4) is 6.07 Å². The van der Waals surface area contributed by atoms with Crippen molar-refractivity contribution in [2.45, 2.75) is 43.4 Å². The number of amides is 2. The van der Waals surface area contributed by atoms with Gasteiger partial charge in [0, 0.05) is 6.42 Å². The Kier molecular flexibility index (Phi) is 3.44. The molecule has 2 unspecified atom stereocenters. The molecular formula is C18H15F3N2O5. The van der Waals surface area contributed by atoms with Gasteiger partial charge in [-0.2, -0.15) is 18.4 Å². The fourth-order valence-electron chi connectivity index (χ4n) is 4.85. The largest absolute Gasteiger partial charge is 0.417 e. The van der Waals surface area contributed by atoms with E-state index in [4.69, 9.17) is 10.00 Å². The van der Waals surface area contributed by atoms with Gasteiger partial charge in [0.2, 0.25) is 11.8 Å². The molecule has 10 heteroatoms. The minimum Gasteiger partial charge on any atom is -0.363 e. The molecule has 2 bridgehead atoms. The summed E-state index contributed by atoms with van der Waals surface area (Å²) in [5, 5.41) is 29.5. The number of hydrogen-bond donors (Lipinski definition) is 2. The standard InChI is InChI=1S/C18H15F3N2O5/c1-15-7-17(26,27)16(2,28-15)12-11(15)13(24)23(14(12)25)9-4-3-8(6-22)10(5-9)18(19,20)21/h3-5,11-12,26-27H,7H2,1-2H3/t11-,12+,15?,16?/m0/s1. The van der Waals surface area contributed by atoms with Gasteiger partial charge < -0.3 is 14.9 Å². The van der Waals surface area contributed by atoms with Crippen LogP contribution in [0.2, 0.25) is 0 Å². The van der Waals surface area contributed by atoms with Crippen LogP contribution in [0.25, 0.3) is 0 Å². The van der Waals surface area contributed by atoms with Gasteiger partial charge in [-0.25, -0.2) is 4.90 Å². The number of benzene rings is 1. The lowest BCUT2D eigenvalue weighted by Gasteiger charge is -2.38. The third-order valence-electron chi connectivity index (χ3n) is 6.08. The number of hydrogen-bond acceptors (Lipinski definition) is 6. The molecule has 3 saturated heterocycles. The van der Waals surface area contributed by atoms with E-state index in [1.165, 1.54) is 19.9 Å². The summed E-state index contributed by atoms with van der Waals surface area (Å²) >= 11 is 0. The zero-order valence-electron chi connectivity index (χ0n) is 14.7. The van der Waals surface area contributed by atoms with Gasteiger partial charge in [-0.05, 0) is 32.0 Å². The monoisotopic (exact) mass is 396 g/mol. The molecule has 3 aliphatic heterocycles. The Morgan fingerprint density at radius 2 is 1.82 bits per heavy atom. The van der Waals surface area contributed by atoms with Gasteiger partial charge in [0.05, 0.1) is 40.3 Å². The smallest absolute Gasteiger partial charge is 0.363 e. The number of nitriles is 1. The van der Waals surface area contributed by atoms with E-state index in [2.05, 4.69) is 0 Å². The van der Waals surface area contributed by atoms with Crippen molar-refractivity contribution < 1.29 is 37.7 Å². The Labute approximate surface area is 156 Å². The third-order valence-corrected chi connectivity index (χ3v) is 6.08. The highest BCUT2D eigenvalue weighted by Crippen LogP contribution is 2.64. The number of halogens is 3. The molecule has 2 N–H and O–H groups in total. The minimum atomic E-state index is -4.85. The fourth-order valence-corrected chi connectivity index (χ4v) is 4.85. The summed E-state index contributed by atoms with van der Waals surface area (Å²) in [6.45, 7) is 2.77. The van der Waals surface area contributed by atoms with Crippen LogP contribution in [0.3, 0.4) is 0 Å². The Balaban J connectivity index is 1.82. The lowest BCUT2D eigenvalue weighted by atomic mass is 9.66. The number of alkyl halides is 3. The fraction of sp³-hybridized carbons (Fsp3) is 0.500. The zero-order chi connectivity index (χ0) is 20.9. The molecule has 3 aliphatic rings. The van der Waals surface area contributed by atoms with Gasteiger partial charge in [0.1, 0.15) is 5.60 Å². The molecule has 0 aromatic heterocycles. The number of imide groups is 1. The summed E-state index contributed by atoms with van der Waals surface area (Å²) in [6.07, 6.45) is -5.17. The van der Waals surface area contributed by atoms with E-state index >= 15 is 0 Å². The molecule has 3 heterocycles. The first-order valence-corrected chi connectivity index (χ1v) is 8.41. The van der Waals surface area contributed by atoms with Crippen molar-refractivity contribution in [2.24, 2.45) is 11.8 Å². The molecule has 148 valence electrons. The SMILES string of the molecule is CC12CC(O)(O)C(C)(O1)[C@H]1C(=O)N(c3ccc(C#N)c(C(F)(F)F)c3)C(=O)[C@H]12. The Hall–Kier alpha value is -2.48. The molecule has 0 aliphatic carbocycles. The molecule has 3 fully saturated rings. The van der Waals surface area contributed by atoms with Gasteiger partial charge >= 0.3 is 6.18 Å². The number of nitrogens with zero attached hydrogens (tertiary/aromatic N) is 2. The molecule has 7 nitrogen and oxygen atoms in total. The van der Waals surface area contributed by atoms with Crippen molar-refractivity contribution >= 4 is 17.5 Å². The van der Waals surface area contributed by atoms with Crippen molar-refractivity contribution in [1.29, 1.82) is 5.26 Å². The molecule has 28 heavy (non-hydrogen) atoms. The van der Waals surface area contributed by atoms with Crippen LogP contribution < -0.4 is 4.90 Å². The van der Waals surface area contributed by atoms with Gasteiger partial charge in [0.25, 0.3) is 0 Å². The normalized spacial score (nSPS) is 36.0. The molecule has 1 aromatic carbocycles. The number of rotatable bonds is 1. The Bertz CT molecular complexity index is 969. The number of carbonyl (C=O) groups is 2.